The normalized spacial score (nSPS) is 11.1. The minimum absolute atomic E-state index is 0.192. The van der Waals surface area contributed by atoms with E-state index in [1.807, 2.05) is 18.2 Å². The number of benzene rings is 1. The molecule has 1 rings (SSSR count). The van der Waals surface area contributed by atoms with Crippen molar-refractivity contribution in [2.45, 2.75) is 38.9 Å². The molecule has 0 aromatic heterocycles. The van der Waals surface area contributed by atoms with E-state index in [2.05, 4.69) is 27.4 Å². The molecule has 0 fully saturated rings. The van der Waals surface area contributed by atoms with Gasteiger partial charge >= 0.3 is 5.97 Å². The van der Waals surface area contributed by atoms with Gasteiger partial charge in [0.25, 0.3) is 8.32 Å². The third kappa shape index (κ3) is 3.10. The Kier molecular flexibility index (Phi) is 5.35. The Hall–Kier alpha value is -1.35. The number of carbonyl (C=O) groups excluding carboxylic acids is 1. The number of hydrogen-bond acceptors (Lipinski definition) is 2. The highest BCUT2D eigenvalue weighted by Crippen LogP contribution is 2.24. The van der Waals surface area contributed by atoms with Gasteiger partial charge < -0.3 is 4.43 Å². The Morgan fingerprint density at radius 2 is 1.78 bits per heavy atom. The molecule has 0 spiro atoms. The average molecular weight is 262 g/mol. The monoisotopic (exact) mass is 262 g/mol. The molecule has 0 aliphatic heterocycles. The molecule has 0 saturated carbocycles. The molecular weight excluding hydrogens is 240 g/mol. The van der Waals surface area contributed by atoms with E-state index in [-0.39, 0.29) is 5.97 Å². The molecule has 0 heterocycles. The molecule has 18 heavy (non-hydrogen) atoms. The molecular formula is C15H22O2Si. The summed E-state index contributed by atoms with van der Waals surface area (Å²) in [5, 5.41) is 0. The molecule has 0 aliphatic rings. The Labute approximate surface area is 111 Å². The first-order chi connectivity index (χ1) is 8.62. The Balaban J connectivity index is 2.97. The Bertz CT molecular complexity index is 414. The average Bonchev–Trinajstić information content (AvgIpc) is 2.44. The third-order valence-electron chi connectivity index (χ3n) is 3.64. The zero-order valence-corrected chi connectivity index (χ0v) is 12.5. The fraction of sp³-hybridized carbons (Fsp3) is 0.400. The second-order valence-electron chi connectivity index (χ2n) is 4.42. The fourth-order valence-electron chi connectivity index (χ4n) is 2.08. The maximum atomic E-state index is 12.3. The minimum atomic E-state index is -1.88. The standard InChI is InChI=1S/C15H22O2Si/c1-5-13-11-9-10-12-14(13)15(16)17-18(6-2,7-3)8-4/h5,9-12H,1,6-8H2,2-4H3. The summed E-state index contributed by atoms with van der Waals surface area (Å²) in [6, 6.07) is 10.4. The predicted octanol–water partition coefficient (Wildman–Crippen LogP) is 4.49. The topological polar surface area (TPSA) is 26.3 Å². The van der Waals surface area contributed by atoms with E-state index in [9.17, 15) is 4.79 Å². The maximum absolute atomic E-state index is 12.3. The van der Waals surface area contributed by atoms with E-state index in [0.29, 0.717) is 5.56 Å². The molecule has 2 nitrogen and oxygen atoms in total. The lowest BCUT2D eigenvalue weighted by Crippen LogP contribution is -2.38. The summed E-state index contributed by atoms with van der Waals surface area (Å²) in [4.78, 5) is 12.3. The Morgan fingerprint density at radius 3 is 2.28 bits per heavy atom. The van der Waals surface area contributed by atoms with Crippen molar-refractivity contribution >= 4 is 20.4 Å². The van der Waals surface area contributed by atoms with Gasteiger partial charge in [0.1, 0.15) is 0 Å². The first-order valence-corrected chi connectivity index (χ1v) is 9.10. The lowest BCUT2D eigenvalue weighted by atomic mass is 10.1. The number of rotatable bonds is 6. The van der Waals surface area contributed by atoms with Crippen LogP contribution in [0.5, 0.6) is 0 Å². The molecule has 1 aromatic carbocycles. The van der Waals surface area contributed by atoms with E-state index in [1.165, 1.54) is 0 Å². The summed E-state index contributed by atoms with van der Waals surface area (Å²) >= 11 is 0. The molecule has 0 aliphatic carbocycles. The van der Waals surface area contributed by atoms with E-state index >= 15 is 0 Å². The third-order valence-corrected chi connectivity index (χ3v) is 8.13. The molecule has 1 aromatic rings. The van der Waals surface area contributed by atoms with Gasteiger partial charge in [-0.25, -0.2) is 4.79 Å². The smallest absolute Gasteiger partial charge is 0.325 e. The van der Waals surface area contributed by atoms with Gasteiger partial charge in [0.15, 0.2) is 0 Å². The largest absolute Gasteiger partial charge is 0.516 e. The number of hydrogen-bond donors (Lipinski definition) is 0. The van der Waals surface area contributed by atoms with Crippen molar-refractivity contribution in [2.24, 2.45) is 0 Å². The lowest BCUT2D eigenvalue weighted by molar-refractivity contribution is 0.0717. The van der Waals surface area contributed by atoms with Crippen LogP contribution in [0.4, 0.5) is 0 Å². The molecule has 0 atom stereocenters. The highest BCUT2D eigenvalue weighted by Gasteiger charge is 2.33. The van der Waals surface area contributed by atoms with E-state index in [1.54, 1.807) is 12.1 Å². The van der Waals surface area contributed by atoms with E-state index < -0.39 is 8.32 Å². The van der Waals surface area contributed by atoms with Crippen molar-refractivity contribution in [3.63, 3.8) is 0 Å². The number of carbonyl (C=O) groups is 1. The van der Waals surface area contributed by atoms with Gasteiger partial charge in [-0.05, 0) is 29.8 Å². The van der Waals surface area contributed by atoms with Crippen LogP contribution in [0.15, 0.2) is 30.8 Å². The van der Waals surface area contributed by atoms with Crippen LogP contribution in [0, 0.1) is 0 Å². The summed E-state index contributed by atoms with van der Waals surface area (Å²) in [6.45, 7) is 10.1. The van der Waals surface area contributed by atoms with Crippen LogP contribution in [0.2, 0.25) is 18.1 Å². The summed E-state index contributed by atoms with van der Waals surface area (Å²) in [6.07, 6.45) is 1.70. The zero-order valence-electron chi connectivity index (χ0n) is 11.5. The molecule has 3 heteroatoms. The second-order valence-corrected chi connectivity index (χ2v) is 9.12. The van der Waals surface area contributed by atoms with Crippen LogP contribution in [-0.2, 0) is 4.43 Å². The maximum Gasteiger partial charge on any atom is 0.325 e. The predicted molar refractivity (Wildman–Crippen MR) is 79.1 cm³/mol. The fourth-order valence-corrected chi connectivity index (χ4v) is 4.52. The summed E-state index contributed by atoms with van der Waals surface area (Å²) in [5.41, 5.74) is 1.47. The van der Waals surface area contributed by atoms with Crippen molar-refractivity contribution in [1.29, 1.82) is 0 Å². The van der Waals surface area contributed by atoms with Crippen LogP contribution in [0.1, 0.15) is 36.7 Å². The van der Waals surface area contributed by atoms with Gasteiger partial charge in [-0.3, -0.25) is 0 Å². The van der Waals surface area contributed by atoms with Crippen molar-refractivity contribution in [2.75, 3.05) is 0 Å². The highest BCUT2D eigenvalue weighted by molar-refractivity contribution is 6.75. The quantitative estimate of drug-likeness (QED) is 0.706. The van der Waals surface area contributed by atoms with Crippen LogP contribution in [0.3, 0.4) is 0 Å². The first kappa shape index (κ1) is 14.7. The van der Waals surface area contributed by atoms with Crippen LogP contribution >= 0.6 is 0 Å². The van der Waals surface area contributed by atoms with E-state index in [0.717, 1.165) is 23.7 Å². The van der Waals surface area contributed by atoms with Crippen LogP contribution in [-0.4, -0.2) is 14.3 Å². The summed E-state index contributed by atoms with van der Waals surface area (Å²) in [5.74, 6) is -0.192. The molecule has 0 radical (unpaired) electrons. The SMILES string of the molecule is C=Cc1ccccc1C(=O)O[Si](CC)(CC)CC. The van der Waals surface area contributed by atoms with Crippen LogP contribution in [0.25, 0.3) is 6.08 Å². The highest BCUT2D eigenvalue weighted by atomic mass is 28.4. The van der Waals surface area contributed by atoms with Crippen molar-refractivity contribution in [3.8, 4) is 0 Å². The summed E-state index contributed by atoms with van der Waals surface area (Å²) in [7, 11) is -1.88. The second kappa shape index (κ2) is 6.54. The van der Waals surface area contributed by atoms with Gasteiger partial charge in [0.2, 0.25) is 0 Å². The summed E-state index contributed by atoms with van der Waals surface area (Å²) < 4.78 is 5.87. The van der Waals surface area contributed by atoms with Crippen molar-refractivity contribution in [3.05, 3.63) is 42.0 Å². The Morgan fingerprint density at radius 1 is 1.22 bits per heavy atom. The minimum Gasteiger partial charge on any atom is -0.516 e. The van der Waals surface area contributed by atoms with Gasteiger partial charge in [0, 0.05) is 0 Å². The van der Waals surface area contributed by atoms with Gasteiger partial charge in [0.05, 0.1) is 5.56 Å². The molecule has 0 bridgehead atoms. The van der Waals surface area contributed by atoms with Gasteiger partial charge in [-0.1, -0.05) is 51.6 Å². The zero-order chi connectivity index (χ0) is 13.6. The lowest BCUT2D eigenvalue weighted by Gasteiger charge is -2.27. The molecule has 0 N–H and O–H groups in total. The molecule has 0 amide bonds. The van der Waals surface area contributed by atoms with Crippen molar-refractivity contribution in [1.82, 2.24) is 0 Å². The molecule has 0 unspecified atom stereocenters. The molecule has 98 valence electrons. The van der Waals surface area contributed by atoms with Gasteiger partial charge in [-0.15, -0.1) is 0 Å². The first-order valence-electron chi connectivity index (χ1n) is 6.57. The van der Waals surface area contributed by atoms with Gasteiger partial charge in [-0.2, -0.15) is 0 Å². The van der Waals surface area contributed by atoms with Crippen molar-refractivity contribution < 1.29 is 9.22 Å². The van der Waals surface area contributed by atoms with Crippen LogP contribution < -0.4 is 0 Å². The molecule has 0 saturated heterocycles. The van der Waals surface area contributed by atoms with E-state index in [4.69, 9.17) is 4.43 Å².